The molecule has 2 aromatic heterocycles. The number of aromatic nitrogens is 1. The lowest BCUT2D eigenvalue weighted by molar-refractivity contribution is 0.172. The number of hydrogen-bond donors (Lipinski definition) is 2. The van der Waals surface area contributed by atoms with Crippen LogP contribution in [0.2, 0.25) is 0 Å². The summed E-state index contributed by atoms with van der Waals surface area (Å²) in [7, 11) is 0. The molecule has 1 aliphatic rings. The Labute approximate surface area is 202 Å². The van der Waals surface area contributed by atoms with Crippen molar-refractivity contribution < 1.29 is 13.9 Å². The molecule has 0 amide bonds. The highest BCUT2D eigenvalue weighted by Gasteiger charge is 2.18. The minimum atomic E-state index is -0.177. The Balaban J connectivity index is 1.43. The SMILES string of the molecule is CCc1ccc(NC(=S)N(Cc2ccco2)Cc2cc3cc4c(cc3[nH]c2=O)OCCO4)cc1. The first kappa shape index (κ1) is 22.0. The third-order valence-corrected chi connectivity index (χ3v) is 6.13. The number of H-pyrrole nitrogens is 1. The Hall–Kier alpha value is -3.78. The van der Waals surface area contributed by atoms with Gasteiger partial charge in [-0.15, -0.1) is 0 Å². The van der Waals surface area contributed by atoms with Gasteiger partial charge in [-0.1, -0.05) is 19.1 Å². The number of pyridine rings is 1. The Morgan fingerprint density at radius 2 is 1.82 bits per heavy atom. The number of anilines is 1. The average Bonchev–Trinajstić information content (AvgIpc) is 3.36. The maximum Gasteiger partial charge on any atom is 0.253 e. The molecule has 0 saturated heterocycles. The van der Waals surface area contributed by atoms with Crippen molar-refractivity contribution in [3.63, 3.8) is 0 Å². The van der Waals surface area contributed by atoms with E-state index in [0.29, 0.717) is 54.0 Å². The fourth-order valence-electron chi connectivity index (χ4n) is 3.93. The van der Waals surface area contributed by atoms with E-state index in [9.17, 15) is 4.79 Å². The monoisotopic (exact) mass is 475 g/mol. The molecule has 5 rings (SSSR count). The molecule has 2 N–H and O–H groups in total. The number of thiocarbonyl (C=S) groups is 1. The number of aromatic amines is 1. The van der Waals surface area contributed by atoms with Crippen LogP contribution in [-0.2, 0) is 19.5 Å². The predicted molar refractivity (Wildman–Crippen MR) is 136 cm³/mol. The van der Waals surface area contributed by atoms with Gasteiger partial charge in [0, 0.05) is 22.7 Å². The van der Waals surface area contributed by atoms with E-state index in [-0.39, 0.29) is 5.56 Å². The molecule has 0 unspecified atom stereocenters. The molecule has 8 heteroatoms. The molecular formula is C26H25N3O4S. The number of rotatable bonds is 6. The van der Waals surface area contributed by atoms with Crippen molar-refractivity contribution in [2.24, 2.45) is 0 Å². The third-order valence-electron chi connectivity index (χ3n) is 5.77. The molecule has 3 heterocycles. The van der Waals surface area contributed by atoms with Crippen LogP contribution in [-0.4, -0.2) is 28.2 Å². The topological polar surface area (TPSA) is 79.7 Å². The van der Waals surface area contributed by atoms with E-state index in [4.69, 9.17) is 26.1 Å². The average molecular weight is 476 g/mol. The number of ether oxygens (including phenoxy) is 2. The van der Waals surface area contributed by atoms with Gasteiger partial charge in [0.15, 0.2) is 16.6 Å². The highest BCUT2D eigenvalue weighted by atomic mass is 32.1. The molecule has 0 spiro atoms. The zero-order valence-electron chi connectivity index (χ0n) is 18.8. The van der Waals surface area contributed by atoms with Gasteiger partial charge in [0.1, 0.15) is 19.0 Å². The summed E-state index contributed by atoms with van der Waals surface area (Å²) in [5.74, 6) is 2.07. The second kappa shape index (κ2) is 9.61. The molecule has 0 saturated carbocycles. The lowest BCUT2D eigenvalue weighted by atomic mass is 10.1. The molecule has 0 bridgehead atoms. The molecule has 2 aromatic carbocycles. The number of nitrogens with zero attached hydrogens (tertiary/aromatic N) is 1. The third kappa shape index (κ3) is 4.77. The number of aryl methyl sites for hydroxylation is 1. The van der Waals surface area contributed by atoms with Gasteiger partial charge in [0.25, 0.3) is 5.56 Å². The van der Waals surface area contributed by atoms with E-state index in [2.05, 4.69) is 29.4 Å². The molecule has 4 aromatic rings. The van der Waals surface area contributed by atoms with Crippen molar-refractivity contribution in [3.05, 3.63) is 88.1 Å². The zero-order chi connectivity index (χ0) is 23.5. The molecule has 0 radical (unpaired) electrons. The van der Waals surface area contributed by atoms with Gasteiger partial charge in [0.05, 0.1) is 24.9 Å². The zero-order valence-corrected chi connectivity index (χ0v) is 19.6. The quantitative estimate of drug-likeness (QED) is 0.386. The van der Waals surface area contributed by atoms with Crippen LogP contribution in [0.3, 0.4) is 0 Å². The minimum absolute atomic E-state index is 0.177. The Morgan fingerprint density at radius 1 is 1.06 bits per heavy atom. The number of hydrogen-bond acceptors (Lipinski definition) is 5. The largest absolute Gasteiger partial charge is 0.486 e. The van der Waals surface area contributed by atoms with Crippen LogP contribution in [0.1, 0.15) is 23.8 Å². The van der Waals surface area contributed by atoms with Gasteiger partial charge >= 0.3 is 0 Å². The van der Waals surface area contributed by atoms with Crippen molar-refractivity contribution in [1.29, 1.82) is 0 Å². The van der Waals surface area contributed by atoms with Crippen molar-refractivity contribution in [2.75, 3.05) is 18.5 Å². The van der Waals surface area contributed by atoms with E-state index in [1.165, 1.54) is 5.56 Å². The van der Waals surface area contributed by atoms with Crippen molar-refractivity contribution in [3.8, 4) is 11.5 Å². The summed E-state index contributed by atoms with van der Waals surface area (Å²) in [6, 6.07) is 17.5. The van der Waals surface area contributed by atoms with Gasteiger partial charge in [0.2, 0.25) is 0 Å². The molecule has 1 aliphatic heterocycles. The standard InChI is InChI=1S/C26H25N3O4S/c1-2-17-5-7-20(8-6-17)27-26(34)29(16-21-4-3-9-31-21)15-19-12-18-13-23-24(33-11-10-32-23)14-22(18)28-25(19)30/h3-9,12-14H,2,10-11,15-16H2,1H3,(H,27,34)(H,28,30). The summed E-state index contributed by atoms with van der Waals surface area (Å²) >= 11 is 5.73. The first-order valence-electron chi connectivity index (χ1n) is 11.2. The number of nitrogens with one attached hydrogen (secondary N) is 2. The summed E-state index contributed by atoms with van der Waals surface area (Å²) < 4.78 is 16.9. The molecule has 174 valence electrons. The van der Waals surface area contributed by atoms with Crippen LogP contribution in [0.4, 0.5) is 5.69 Å². The second-order valence-electron chi connectivity index (χ2n) is 8.12. The van der Waals surface area contributed by atoms with Crippen LogP contribution in [0.5, 0.6) is 11.5 Å². The maximum atomic E-state index is 12.9. The van der Waals surface area contributed by atoms with Crippen LogP contribution in [0.15, 0.2) is 70.1 Å². The predicted octanol–water partition coefficient (Wildman–Crippen LogP) is 4.85. The van der Waals surface area contributed by atoms with Gasteiger partial charge in [-0.3, -0.25) is 4.79 Å². The summed E-state index contributed by atoms with van der Waals surface area (Å²) in [6.07, 6.45) is 2.60. The molecule has 34 heavy (non-hydrogen) atoms. The maximum absolute atomic E-state index is 12.9. The van der Waals surface area contributed by atoms with Crippen molar-refractivity contribution in [1.82, 2.24) is 9.88 Å². The summed E-state index contributed by atoms with van der Waals surface area (Å²) in [5.41, 5.74) is 3.25. The normalized spacial score (nSPS) is 12.5. The van der Waals surface area contributed by atoms with Crippen LogP contribution < -0.4 is 20.3 Å². The smallest absolute Gasteiger partial charge is 0.253 e. The molecule has 0 fully saturated rings. The number of benzene rings is 2. The van der Waals surface area contributed by atoms with Crippen LogP contribution >= 0.6 is 12.2 Å². The fraction of sp³-hybridized carbons (Fsp3) is 0.231. The van der Waals surface area contributed by atoms with Crippen molar-refractivity contribution >= 4 is 33.9 Å². The van der Waals surface area contributed by atoms with Gasteiger partial charge in [-0.05, 0) is 60.6 Å². The van der Waals surface area contributed by atoms with E-state index in [1.807, 2.05) is 47.4 Å². The molecular weight excluding hydrogens is 450 g/mol. The Morgan fingerprint density at radius 3 is 2.53 bits per heavy atom. The van der Waals surface area contributed by atoms with E-state index in [1.54, 1.807) is 6.26 Å². The van der Waals surface area contributed by atoms with Crippen LogP contribution in [0.25, 0.3) is 10.9 Å². The second-order valence-corrected chi connectivity index (χ2v) is 8.51. The van der Waals surface area contributed by atoms with Gasteiger partial charge in [-0.2, -0.15) is 0 Å². The first-order valence-corrected chi connectivity index (χ1v) is 11.6. The van der Waals surface area contributed by atoms with Gasteiger partial charge < -0.3 is 29.1 Å². The molecule has 7 nitrogen and oxygen atoms in total. The Bertz CT molecular complexity index is 1360. The lowest BCUT2D eigenvalue weighted by Gasteiger charge is -2.25. The summed E-state index contributed by atoms with van der Waals surface area (Å²) in [5, 5.41) is 4.66. The Kier molecular flexibility index (Phi) is 6.22. The summed E-state index contributed by atoms with van der Waals surface area (Å²) in [6.45, 7) is 3.84. The molecule has 0 atom stereocenters. The van der Waals surface area contributed by atoms with Crippen LogP contribution in [0, 0.1) is 0 Å². The molecule has 0 aliphatic carbocycles. The van der Waals surface area contributed by atoms with E-state index >= 15 is 0 Å². The first-order chi connectivity index (χ1) is 16.6. The van der Waals surface area contributed by atoms with E-state index in [0.717, 1.165) is 23.3 Å². The lowest BCUT2D eigenvalue weighted by Crippen LogP contribution is -2.35. The summed E-state index contributed by atoms with van der Waals surface area (Å²) in [4.78, 5) is 17.8. The fourth-order valence-corrected chi connectivity index (χ4v) is 4.17. The highest BCUT2D eigenvalue weighted by molar-refractivity contribution is 7.80. The van der Waals surface area contributed by atoms with E-state index < -0.39 is 0 Å². The van der Waals surface area contributed by atoms with Crippen molar-refractivity contribution in [2.45, 2.75) is 26.4 Å². The minimum Gasteiger partial charge on any atom is -0.486 e. The van der Waals surface area contributed by atoms with Gasteiger partial charge in [-0.25, -0.2) is 0 Å². The number of furan rings is 1. The highest BCUT2D eigenvalue weighted by Crippen LogP contribution is 2.33. The number of fused-ring (bicyclic) bond motifs is 2.